The van der Waals surface area contributed by atoms with E-state index in [1.165, 1.54) is 12.4 Å². The highest BCUT2D eigenvalue weighted by Gasteiger charge is 2.18. The first kappa shape index (κ1) is 20.3. The van der Waals surface area contributed by atoms with Crippen LogP contribution in [0.5, 0.6) is 0 Å². The smallest absolute Gasteiger partial charge is 0.259 e. The van der Waals surface area contributed by atoms with E-state index in [0.717, 1.165) is 5.69 Å². The minimum absolute atomic E-state index is 0.306. The molecule has 0 fully saturated rings. The third-order valence-corrected chi connectivity index (χ3v) is 4.87. The summed E-state index contributed by atoms with van der Waals surface area (Å²) in [4.78, 5) is 29.7. The van der Waals surface area contributed by atoms with E-state index in [4.69, 9.17) is 11.6 Å². The lowest BCUT2D eigenvalue weighted by atomic mass is 10.1. The van der Waals surface area contributed by atoms with Crippen molar-refractivity contribution in [3.63, 3.8) is 0 Å². The molecule has 2 amide bonds. The number of nitrogens with zero attached hydrogens (tertiary/aromatic N) is 3. The Balaban J connectivity index is 1.55. The van der Waals surface area contributed by atoms with E-state index < -0.39 is 5.91 Å². The van der Waals surface area contributed by atoms with Gasteiger partial charge in [0.2, 0.25) is 0 Å². The van der Waals surface area contributed by atoms with E-state index in [9.17, 15) is 9.59 Å². The summed E-state index contributed by atoms with van der Waals surface area (Å²) in [5.74, 6) is -0.400. The van der Waals surface area contributed by atoms with E-state index in [1.807, 2.05) is 37.3 Å². The van der Waals surface area contributed by atoms with Crippen LogP contribution in [-0.4, -0.2) is 26.6 Å². The van der Waals surface area contributed by atoms with Gasteiger partial charge in [0.25, 0.3) is 11.8 Å². The zero-order valence-electron chi connectivity index (χ0n) is 16.5. The molecule has 2 N–H and O–H groups in total. The average Bonchev–Trinajstić information content (AvgIpc) is 3.17. The molecule has 0 aliphatic rings. The van der Waals surface area contributed by atoms with Gasteiger partial charge in [-0.25, -0.2) is 9.67 Å². The first-order valence-electron chi connectivity index (χ1n) is 9.46. The Bertz CT molecular complexity index is 1240. The number of amides is 2. The lowest BCUT2D eigenvalue weighted by molar-refractivity contribution is 0.102. The van der Waals surface area contributed by atoms with Crippen LogP contribution in [0.15, 0.2) is 79.1 Å². The Hall–Kier alpha value is -3.97. The summed E-state index contributed by atoms with van der Waals surface area (Å²) in [5.41, 5.74) is 2.65. The summed E-state index contributed by atoms with van der Waals surface area (Å²) < 4.78 is 1.69. The summed E-state index contributed by atoms with van der Waals surface area (Å²) in [5, 5.41) is 10.3. The zero-order chi connectivity index (χ0) is 21.8. The van der Waals surface area contributed by atoms with Crippen molar-refractivity contribution in [1.82, 2.24) is 14.8 Å². The number of aromatic nitrogens is 3. The van der Waals surface area contributed by atoms with E-state index in [1.54, 1.807) is 41.1 Å². The number of nitrogens with one attached hydrogen (secondary N) is 2. The number of hydrogen-bond donors (Lipinski definition) is 2. The van der Waals surface area contributed by atoms with Gasteiger partial charge in [0.05, 0.1) is 39.4 Å². The van der Waals surface area contributed by atoms with Crippen LogP contribution in [0.4, 0.5) is 11.5 Å². The van der Waals surface area contributed by atoms with E-state index in [2.05, 4.69) is 20.7 Å². The highest BCUT2D eigenvalue weighted by Crippen LogP contribution is 2.20. The summed E-state index contributed by atoms with van der Waals surface area (Å²) in [6.07, 6.45) is 2.95. The summed E-state index contributed by atoms with van der Waals surface area (Å²) >= 11 is 5.83. The minimum atomic E-state index is -0.401. The molecule has 0 aliphatic heterocycles. The fraction of sp³-hybridized carbons (Fsp3) is 0.0435. The van der Waals surface area contributed by atoms with Crippen molar-refractivity contribution in [3.8, 4) is 5.69 Å². The quantitative estimate of drug-likeness (QED) is 0.478. The Morgan fingerprint density at radius 1 is 0.839 bits per heavy atom. The zero-order valence-corrected chi connectivity index (χ0v) is 17.3. The third-order valence-electron chi connectivity index (χ3n) is 4.64. The highest BCUT2D eigenvalue weighted by atomic mass is 35.5. The maximum absolute atomic E-state index is 12.9. The predicted molar refractivity (Wildman–Crippen MR) is 120 cm³/mol. The topological polar surface area (TPSA) is 88.9 Å². The highest BCUT2D eigenvalue weighted by molar-refractivity contribution is 6.30. The number of carbonyl (C=O) groups is 2. The summed E-state index contributed by atoms with van der Waals surface area (Å²) in [6, 6.07) is 19.5. The monoisotopic (exact) mass is 431 g/mol. The molecule has 0 aliphatic carbocycles. The van der Waals surface area contributed by atoms with Crippen molar-refractivity contribution in [2.45, 2.75) is 6.92 Å². The molecule has 4 aromatic rings. The third kappa shape index (κ3) is 4.46. The van der Waals surface area contributed by atoms with Crippen molar-refractivity contribution >= 4 is 34.9 Å². The second kappa shape index (κ2) is 8.81. The summed E-state index contributed by atoms with van der Waals surface area (Å²) in [6.45, 7) is 1.82. The maximum atomic E-state index is 12.9. The number of rotatable bonds is 5. The van der Waals surface area contributed by atoms with Gasteiger partial charge in [0.1, 0.15) is 5.82 Å². The lowest BCUT2D eigenvalue weighted by Crippen LogP contribution is -2.19. The van der Waals surface area contributed by atoms with Gasteiger partial charge in [-0.3, -0.25) is 9.59 Å². The molecule has 0 atom stereocenters. The van der Waals surface area contributed by atoms with Crippen molar-refractivity contribution in [3.05, 3.63) is 101 Å². The van der Waals surface area contributed by atoms with Gasteiger partial charge in [0.15, 0.2) is 0 Å². The second-order valence-electron chi connectivity index (χ2n) is 6.71. The van der Waals surface area contributed by atoms with E-state index >= 15 is 0 Å². The van der Waals surface area contributed by atoms with Gasteiger partial charge in [0, 0.05) is 6.20 Å². The first-order valence-corrected chi connectivity index (χ1v) is 9.84. The van der Waals surface area contributed by atoms with E-state index in [0.29, 0.717) is 33.3 Å². The number of benzene rings is 2. The molecule has 7 nitrogen and oxygen atoms in total. The Morgan fingerprint density at radius 2 is 1.55 bits per heavy atom. The van der Waals surface area contributed by atoms with Gasteiger partial charge in [-0.05, 0) is 43.3 Å². The van der Waals surface area contributed by atoms with Crippen LogP contribution in [0.25, 0.3) is 5.69 Å². The first-order chi connectivity index (χ1) is 15.0. The molecular formula is C23H18ClN5O2. The second-order valence-corrected chi connectivity index (χ2v) is 7.14. The van der Waals surface area contributed by atoms with Crippen LogP contribution in [0.1, 0.15) is 26.4 Å². The van der Waals surface area contributed by atoms with Gasteiger partial charge < -0.3 is 10.6 Å². The Labute approximate surface area is 183 Å². The van der Waals surface area contributed by atoms with Gasteiger partial charge in [-0.15, -0.1) is 0 Å². The molecule has 0 radical (unpaired) electrons. The molecule has 31 heavy (non-hydrogen) atoms. The molecule has 154 valence electrons. The molecular weight excluding hydrogens is 414 g/mol. The van der Waals surface area contributed by atoms with Crippen molar-refractivity contribution in [2.24, 2.45) is 0 Å². The maximum Gasteiger partial charge on any atom is 0.259 e. The lowest BCUT2D eigenvalue weighted by Gasteiger charge is -2.11. The average molecular weight is 432 g/mol. The predicted octanol–water partition coefficient (Wildman–Crippen LogP) is 4.73. The molecule has 0 bridgehead atoms. The van der Waals surface area contributed by atoms with Gasteiger partial charge >= 0.3 is 0 Å². The Kier molecular flexibility index (Phi) is 5.77. The van der Waals surface area contributed by atoms with Crippen LogP contribution in [0, 0.1) is 6.92 Å². The normalized spacial score (nSPS) is 10.5. The number of para-hydroxylation sites is 2. The minimum Gasteiger partial charge on any atom is -0.321 e. The van der Waals surface area contributed by atoms with Crippen LogP contribution in [-0.2, 0) is 0 Å². The molecule has 2 heterocycles. The van der Waals surface area contributed by atoms with E-state index in [-0.39, 0.29) is 5.91 Å². The van der Waals surface area contributed by atoms with Crippen LogP contribution < -0.4 is 10.6 Å². The fourth-order valence-electron chi connectivity index (χ4n) is 3.08. The molecule has 0 spiro atoms. The largest absolute Gasteiger partial charge is 0.321 e. The molecule has 4 rings (SSSR count). The van der Waals surface area contributed by atoms with Crippen molar-refractivity contribution in [2.75, 3.05) is 10.6 Å². The van der Waals surface area contributed by atoms with Crippen LogP contribution in [0.2, 0.25) is 5.02 Å². The molecule has 0 saturated heterocycles. The van der Waals surface area contributed by atoms with Crippen molar-refractivity contribution in [1.29, 1.82) is 0 Å². The van der Waals surface area contributed by atoms with Crippen molar-refractivity contribution < 1.29 is 9.59 Å². The summed E-state index contributed by atoms with van der Waals surface area (Å²) in [7, 11) is 0. The number of anilines is 2. The Morgan fingerprint density at radius 3 is 2.29 bits per heavy atom. The molecule has 0 unspecified atom stereocenters. The SMILES string of the molecule is Cc1c(C(=O)Nc2ccccc2C(=O)Nc2ccc(Cl)cn2)cnn1-c1ccccc1. The number of pyridine rings is 1. The fourth-order valence-corrected chi connectivity index (χ4v) is 3.19. The molecule has 2 aromatic carbocycles. The standard InChI is InChI=1S/C23H18ClN5O2/c1-15-19(14-26-29(15)17-7-3-2-4-8-17)23(31)27-20-10-6-5-9-18(20)22(30)28-21-12-11-16(24)13-25-21/h2-14H,1H3,(H,27,31)(H,25,28,30). The molecule has 0 saturated carbocycles. The number of halogens is 1. The van der Waals surface area contributed by atoms with Crippen LogP contribution >= 0.6 is 11.6 Å². The number of carbonyl (C=O) groups excluding carboxylic acids is 2. The van der Waals surface area contributed by atoms with Crippen LogP contribution in [0.3, 0.4) is 0 Å². The molecule has 8 heteroatoms. The van der Waals surface area contributed by atoms with Gasteiger partial charge in [-0.1, -0.05) is 41.9 Å². The number of hydrogen-bond acceptors (Lipinski definition) is 4. The molecule has 2 aromatic heterocycles. The van der Waals surface area contributed by atoms with Gasteiger partial charge in [-0.2, -0.15) is 5.10 Å².